The molecular weight excluding hydrogens is 332 g/mol. The molecule has 1 aliphatic rings. The molecule has 0 bridgehead atoms. The second kappa shape index (κ2) is 8.07. The van der Waals surface area contributed by atoms with Crippen molar-refractivity contribution in [3.05, 3.63) is 29.1 Å². The van der Waals surface area contributed by atoms with Crippen LogP contribution in [-0.2, 0) is 4.79 Å². The molecule has 8 heteroatoms. The summed E-state index contributed by atoms with van der Waals surface area (Å²) < 4.78 is 1.30. The number of rotatable bonds is 5. The molecule has 26 heavy (non-hydrogen) atoms. The van der Waals surface area contributed by atoms with Gasteiger partial charge in [-0.1, -0.05) is 6.92 Å². The highest BCUT2D eigenvalue weighted by Crippen LogP contribution is 2.29. The first-order chi connectivity index (χ1) is 12.2. The molecule has 6 N–H and O–H groups in total. The molecule has 142 valence electrons. The lowest BCUT2D eigenvalue weighted by molar-refractivity contribution is -0.118. The molecular formula is C18H28N6O2. The van der Waals surface area contributed by atoms with E-state index in [9.17, 15) is 9.59 Å². The maximum atomic E-state index is 12.8. The van der Waals surface area contributed by atoms with Crippen molar-refractivity contribution in [2.45, 2.75) is 53.0 Å². The van der Waals surface area contributed by atoms with E-state index in [1.54, 1.807) is 13.0 Å². The van der Waals surface area contributed by atoms with Crippen molar-refractivity contribution in [1.82, 2.24) is 20.4 Å². The number of nitrogen functional groups attached to an aromatic ring is 1. The molecule has 2 amide bonds. The van der Waals surface area contributed by atoms with Crippen LogP contribution in [0.2, 0.25) is 0 Å². The van der Waals surface area contributed by atoms with Crippen LogP contribution in [0.3, 0.4) is 0 Å². The van der Waals surface area contributed by atoms with Gasteiger partial charge in [0.2, 0.25) is 5.91 Å². The van der Waals surface area contributed by atoms with E-state index in [-0.39, 0.29) is 29.4 Å². The molecule has 1 aliphatic carbocycles. The Morgan fingerprint density at radius 2 is 2.08 bits per heavy atom. The first-order valence-electron chi connectivity index (χ1n) is 8.87. The van der Waals surface area contributed by atoms with Gasteiger partial charge in [-0.2, -0.15) is 0 Å². The third-order valence-corrected chi connectivity index (χ3v) is 4.33. The lowest BCUT2D eigenvalue weighted by atomic mass is 9.87. The van der Waals surface area contributed by atoms with Gasteiger partial charge in [0, 0.05) is 23.4 Å². The van der Waals surface area contributed by atoms with Crippen LogP contribution < -0.4 is 22.1 Å². The number of carbonyl (C=O) groups excluding carboxylic acids is 2. The Balaban J connectivity index is 2.36. The molecule has 0 fully saturated rings. The number of nitrogens with two attached hydrogens (primary N) is 2. The fourth-order valence-electron chi connectivity index (χ4n) is 3.01. The van der Waals surface area contributed by atoms with E-state index < -0.39 is 5.91 Å². The third kappa shape index (κ3) is 4.25. The van der Waals surface area contributed by atoms with E-state index >= 15 is 0 Å². The number of nitrogens with one attached hydrogen (secondary N) is 2. The topological polar surface area (TPSA) is 128 Å². The van der Waals surface area contributed by atoms with Crippen LogP contribution in [0.1, 0.15) is 57.4 Å². The molecule has 8 nitrogen and oxygen atoms in total. The monoisotopic (exact) mass is 360 g/mol. The molecule has 0 spiro atoms. The third-order valence-electron chi connectivity index (χ3n) is 4.33. The van der Waals surface area contributed by atoms with Gasteiger partial charge in [-0.15, -0.1) is 5.10 Å². The van der Waals surface area contributed by atoms with Gasteiger partial charge in [0.05, 0.1) is 0 Å². The maximum Gasteiger partial charge on any atom is 0.274 e. The highest BCUT2D eigenvalue weighted by molar-refractivity contribution is 5.99. The van der Waals surface area contributed by atoms with Crippen LogP contribution in [0.4, 0.5) is 5.82 Å². The molecule has 2 rings (SSSR count). The zero-order valence-corrected chi connectivity index (χ0v) is 15.8. The van der Waals surface area contributed by atoms with Crippen LogP contribution >= 0.6 is 0 Å². The van der Waals surface area contributed by atoms with E-state index in [2.05, 4.69) is 15.7 Å². The second-order valence-electron chi connectivity index (χ2n) is 6.85. The Hall–Kier alpha value is -2.77. The zero-order valence-electron chi connectivity index (χ0n) is 15.8. The van der Waals surface area contributed by atoms with E-state index in [0.29, 0.717) is 23.5 Å². The second-order valence-corrected chi connectivity index (χ2v) is 6.85. The van der Waals surface area contributed by atoms with Crippen LogP contribution in [0.5, 0.6) is 0 Å². The molecule has 1 unspecified atom stereocenters. The van der Waals surface area contributed by atoms with Crippen LogP contribution in [-0.4, -0.2) is 27.6 Å². The minimum atomic E-state index is -0.391. The van der Waals surface area contributed by atoms with Gasteiger partial charge in [0.25, 0.3) is 5.91 Å². The van der Waals surface area contributed by atoms with Crippen molar-refractivity contribution >= 4 is 23.5 Å². The van der Waals surface area contributed by atoms with Crippen molar-refractivity contribution in [2.75, 3.05) is 5.73 Å². The predicted octanol–water partition coefficient (Wildman–Crippen LogP) is 1.57. The average Bonchev–Trinajstić information content (AvgIpc) is 2.97. The molecule has 1 atom stereocenters. The Labute approximate surface area is 153 Å². The zero-order chi connectivity index (χ0) is 19.4. The molecule has 1 aromatic heterocycles. The van der Waals surface area contributed by atoms with Crippen molar-refractivity contribution < 1.29 is 9.59 Å². The van der Waals surface area contributed by atoms with Crippen molar-refractivity contribution in [3.8, 4) is 0 Å². The smallest absolute Gasteiger partial charge is 0.274 e. The summed E-state index contributed by atoms with van der Waals surface area (Å²) in [6, 6.07) is 1.49. The molecule has 0 saturated carbocycles. The fraction of sp³-hybridized carbons (Fsp3) is 0.500. The lowest BCUT2D eigenvalue weighted by Gasteiger charge is -2.26. The molecule has 0 aromatic carbocycles. The summed E-state index contributed by atoms with van der Waals surface area (Å²) >= 11 is 0. The minimum absolute atomic E-state index is 0.0277. The highest BCUT2D eigenvalue weighted by Gasteiger charge is 2.27. The first-order valence-corrected chi connectivity index (χ1v) is 8.87. The normalized spacial score (nSPS) is 18.2. The Morgan fingerprint density at radius 1 is 1.38 bits per heavy atom. The van der Waals surface area contributed by atoms with E-state index in [1.807, 2.05) is 20.8 Å². The van der Waals surface area contributed by atoms with E-state index in [4.69, 9.17) is 11.5 Å². The quantitative estimate of drug-likeness (QED) is 0.633. The first kappa shape index (κ1) is 19.6. The summed E-state index contributed by atoms with van der Waals surface area (Å²) in [7, 11) is 0. The highest BCUT2D eigenvalue weighted by atomic mass is 16.2. The van der Waals surface area contributed by atoms with Gasteiger partial charge in [0.1, 0.15) is 17.3 Å². The van der Waals surface area contributed by atoms with Gasteiger partial charge in [-0.3, -0.25) is 9.59 Å². The Morgan fingerprint density at radius 3 is 2.69 bits per heavy atom. The number of aromatic nitrogens is 2. The summed E-state index contributed by atoms with van der Waals surface area (Å²) in [6.07, 6.45) is 4.09. The molecule has 1 aromatic rings. The molecule has 1 heterocycles. The SMILES string of the molecule is C/C=C(/N)n1nc(N)cc1C(=O)NC1=C(C(=O)NC(C)C)CCCC1C. The predicted molar refractivity (Wildman–Crippen MR) is 102 cm³/mol. The number of allylic oxidation sites excluding steroid dienone is 2. The van der Waals surface area contributed by atoms with E-state index in [1.165, 1.54) is 10.7 Å². The summed E-state index contributed by atoms with van der Waals surface area (Å²) in [5.74, 6) is 0.0486. The largest absolute Gasteiger partial charge is 0.384 e. The number of amides is 2. The summed E-state index contributed by atoms with van der Waals surface area (Å²) in [6.45, 7) is 7.56. The fourth-order valence-corrected chi connectivity index (χ4v) is 3.01. The summed E-state index contributed by atoms with van der Waals surface area (Å²) in [4.78, 5) is 25.3. The number of anilines is 1. The summed E-state index contributed by atoms with van der Waals surface area (Å²) in [5.41, 5.74) is 13.1. The number of nitrogens with zero attached hydrogens (tertiary/aromatic N) is 2. The van der Waals surface area contributed by atoms with Crippen LogP contribution in [0.15, 0.2) is 23.4 Å². The van der Waals surface area contributed by atoms with Crippen molar-refractivity contribution in [1.29, 1.82) is 0 Å². The van der Waals surface area contributed by atoms with Gasteiger partial charge >= 0.3 is 0 Å². The van der Waals surface area contributed by atoms with Gasteiger partial charge < -0.3 is 22.1 Å². The molecule has 0 saturated heterocycles. The summed E-state index contributed by atoms with van der Waals surface area (Å²) in [5, 5.41) is 9.86. The van der Waals surface area contributed by atoms with Gasteiger partial charge in [0.15, 0.2) is 0 Å². The van der Waals surface area contributed by atoms with Crippen molar-refractivity contribution in [2.24, 2.45) is 11.7 Å². The molecule has 0 aliphatic heterocycles. The van der Waals surface area contributed by atoms with Gasteiger partial charge in [-0.25, -0.2) is 4.68 Å². The standard InChI is InChI=1S/C18H28N6O2/c1-5-15(20)24-13(9-14(19)23-24)18(26)22-16-11(4)7-6-8-12(16)17(25)21-10(2)3/h5,9-11H,6-8,20H2,1-4H3,(H2,19,23)(H,21,25)(H,22,26)/b15-5-. The Kier molecular flexibility index (Phi) is 6.07. The Bertz CT molecular complexity index is 760. The van der Waals surface area contributed by atoms with Gasteiger partial charge in [-0.05, 0) is 52.0 Å². The average molecular weight is 360 g/mol. The molecule has 0 radical (unpaired) electrons. The number of carbonyl (C=O) groups is 2. The number of hydrogen-bond acceptors (Lipinski definition) is 5. The van der Waals surface area contributed by atoms with Crippen LogP contribution in [0, 0.1) is 5.92 Å². The minimum Gasteiger partial charge on any atom is -0.384 e. The van der Waals surface area contributed by atoms with Crippen molar-refractivity contribution in [3.63, 3.8) is 0 Å². The lowest BCUT2D eigenvalue weighted by Crippen LogP contribution is -2.37. The van der Waals surface area contributed by atoms with E-state index in [0.717, 1.165) is 12.8 Å². The maximum absolute atomic E-state index is 12.8. The van der Waals surface area contributed by atoms with Crippen LogP contribution in [0.25, 0.3) is 5.82 Å². The number of hydrogen-bond donors (Lipinski definition) is 4.